The van der Waals surface area contributed by atoms with Crippen molar-refractivity contribution in [2.24, 2.45) is 0 Å². The number of hydrogen-bond donors (Lipinski definition) is 1. The predicted octanol–water partition coefficient (Wildman–Crippen LogP) is 2.89. The van der Waals surface area contributed by atoms with Crippen molar-refractivity contribution in [2.45, 2.75) is 39.2 Å². The van der Waals surface area contributed by atoms with E-state index in [1.165, 1.54) is 4.88 Å². The van der Waals surface area contributed by atoms with Crippen molar-refractivity contribution in [1.82, 2.24) is 5.32 Å². The maximum Gasteiger partial charge on any atom is 0.328 e. The second-order valence-electron chi connectivity index (χ2n) is 5.58. The van der Waals surface area contributed by atoms with E-state index in [4.69, 9.17) is 9.47 Å². The van der Waals surface area contributed by atoms with Crippen LogP contribution in [-0.4, -0.2) is 32.8 Å². The first-order valence-electron chi connectivity index (χ1n) is 6.89. The maximum atomic E-state index is 12.1. The lowest BCUT2D eigenvalue weighted by molar-refractivity contribution is -0.145. The molecule has 4 nitrogen and oxygen atoms in total. The van der Waals surface area contributed by atoms with E-state index in [9.17, 15) is 4.79 Å². The van der Waals surface area contributed by atoms with Gasteiger partial charge in [-0.05, 0) is 24.5 Å². The number of ether oxygens (including phenoxy) is 2. The first-order valence-corrected chi connectivity index (χ1v) is 7.71. The Kier molecular flexibility index (Phi) is 6.65. The van der Waals surface area contributed by atoms with Crippen LogP contribution in [0.4, 0.5) is 0 Å². The molecule has 1 aromatic heterocycles. The smallest absolute Gasteiger partial charge is 0.328 e. The lowest BCUT2D eigenvalue weighted by atomic mass is 9.95. The number of esters is 1. The molecule has 1 atom stereocenters. The molecule has 1 N–H and O–H groups in total. The summed E-state index contributed by atoms with van der Waals surface area (Å²) in [6.45, 7) is 9.88. The molecule has 0 amide bonds. The van der Waals surface area contributed by atoms with Crippen molar-refractivity contribution in [1.29, 1.82) is 0 Å². The number of methoxy groups -OCH3 is 1. The van der Waals surface area contributed by atoms with Crippen LogP contribution in [0.2, 0.25) is 0 Å². The third-order valence-electron chi connectivity index (χ3n) is 2.83. The maximum absolute atomic E-state index is 12.1. The van der Waals surface area contributed by atoms with E-state index >= 15 is 0 Å². The SMILES string of the molecule is CCOC(=O)C(NCCOC)c1ccc(C(C)(C)C)s1. The molecule has 1 aromatic rings. The highest BCUT2D eigenvalue weighted by molar-refractivity contribution is 7.12. The zero-order valence-electron chi connectivity index (χ0n) is 13.0. The Bertz CT molecular complexity index is 423. The molecule has 114 valence electrons. The molecule has 0 aliphatic heterocycles. The molecule has 0 saturated heterocycles. The molecular weight excluding hydrogens is 274 g/mol. The van der Waals surface area contributed by atoms with Crippen molar-refractivity contribution in [2.75, 3.05) is 26.9 Å². The highest BCUT2D eigenvalue weighted by atomic mass is 32.1. The van der Waals surface area contributed by atoms with Crippen molar-refractivity contribution in [3.8, 4) is 0 Å². The van der Waals surface area contributed by atoms with Crippen LogP contribution in [0.15, 0.2) is 12.1 Å². The molecule has 5 heteroatoms. The van der Waals surface area contributed by atoms with Gasteiger partial charge in [-0.15, -0.1) is 11.3 Å². The Morgan fingerprint density at radius 2 is 2.10 bits per heavy atom. The molecule has 0 bridgehead atoms. The Labute approximate surface area is 125 Å². The van der Waals surface area contributed by atoms with Gasteiger partial charge in [-0.1, -0.05) is 20.8 Å². The second-order valence-corrected chi connectivity index (χ2v) is 6.70. The quantitative estimate of drug-likeness (QED) is 0.621. The topological polar surface area (TPSA) is 47.6 Å². The van der Waals surface area contributed by atoms with Crippen LogP contribution >= 0.6 is 11.3 Å². The van der Waals surface area contributed by atoms with Gasteiger partial charge in [-0.25, -0.2) is 4.79 Å². The summed E-state index contributed by atoms with van der Waals surface area (Å²) in [7, 11) is 1.64. The number of nitrogens with one attached hydrogen (secondary N) is 1. The highest BCUT2D eigenvalue weighted by Crippen LogP contribution is 2.32. The number of carbonyl (C=O) groups is 1. The van der Waals surface area contributed by atoms with Gasteiger partial charge in [0, 0.05) is 23.4 Å². The minimum absolute atomic E-state index is 0.0919. The Morgan fingerprint density at radius 3 is 2.60 bits per heavy atom. The van der Waals surface area contributed by atoms with E-state index in [0.29, 0.717) is 19.8 Å². The number of carbonyl (C=O) groups excluding carboxylic acids is 1. The Morgan fingerprint density at radius 1 is 1.40 bits per heavy atom. The summed E-state index contributed by atoms with van der Waals surface area (Å²) in [5, 5.41) is 3.20. The van der Waals surface area contributed by atoms with Crippen LogP contribution < -0.4 is 5.32 Å². The Balaban J connectivity index is 2.86. The molecule has 1 heterocycles. The molecule has 20 heavy (non-hydrogen) atoms. The summed E-state index contributed by atoms with van der Waals surface area (Å²) >= 11 is 1.66. The van der Waals surface area contributed by atoms with Crippen molar-refractivity contribution in [3.63, 3.8) is 0 Å². The summed E-state index contributed by atoms with van der Waals surface area (Å²) in [5.41, 5.74) is 0.0919. The van der Waals surface area contributed by atoms with Gasteiger partial charge in [0.1, 0.15) is 6.04 Å². The summed E-state index contributed by atoms with van der Waals surface area (Å²) in [5.74, 6) is -0.231. The normalized spacial score (nSPS) is 13.2. The Hall–Kier alpha value is -0.910. The predicted molar refractivity (Wildman–Crippen MR) is 82.3 cm³/mol. The average molecular weight is 299 g/mol. The van der Waals surface area contributed by atoms with Gasteiger partial charge in [0.25, 0.3) is 0 Å². The third kappa shape index (κ3) is 4.89. The summed E-state index contributed by atoms with van der Waals surface area (Å²) in [6.07, 6.45) is 0. The van der Waals surface area contributed by atoms with Crippen LogP contribution in [0.5, 0.6) is 0 Å². The van der Waals surface area contributed by atoms with E-state index in [-0.39, 0.29) is 11.4 Å². The van der Waals surface area contributed by atoms with Gasteiger partial charge in [0.2, 0.25) is 0 Å². The van der Waals surface area contributed by atoms with Crippen LogP contribution in [-0.2, 0) is 19.7 Å². The zero-order chi connectivity index (χ0) is 15.2. The molecule has 0 spiro atoms. The third-order valence-corrected chi connectivity index (χ3v) is 4.40. The molecule has 1 rings (SSSR count). The summed E-state index contributed by atoms with van der Waals surface area (Å²) < 4.78 is 10.2. The van der Waals surface area contributed by atoms with Gasteiger partial charge in [0.15, 0.2) is 0 Å². The fourth-order valence-corrected chi connectivity index (χ4v) is 2.87. The van der Waals surface area contributed by atoms with Crippen LogP contribution in [0.1, 0.15) is 43.5 Å². The van der Waals surface area contributed by atoms with Gasteiger partial charge < -0.3 is 9.47 Å². The van der Waals surface area contributed by atoms with Gasteiger partial charge in [-0.3, -0.25) is 5.32 Å². The summed E-state index contributed by atoms with van der Waals surface area (Å²) in [6, 6.07) is 3.68. The molecule has 1 unspecified atom stereocenters. The molecule has 0 saturated carbocycles. The monoisotopic (exact) mass is 299 g/mol. The summed E-state index contributed by atoms with van der Waals surface area (Å²) in [4.78, 5) is 14.3. The molecule has 0 fully saturated rings. The van der Waals surface area contributed by atoms with Gasteiger partial charge in [-0.2, -0.15) is 0 Å². The zero-order valence-corrected chi connectivity index (χ0v) is 13.8. The van der Waals surface area contributed by atoms with Crippen LogP contribution in [0, 0.1) is 0 Å². The number of rotatable bonds is 7. The van der Waals surface area contributed by atoms with E-state index in [0.717, 1.165) is 4.88 Å². The minimum atomic E-state index is -0.411. The molecule has 0 radical (unpaired) electrons. The fraction of sp³-hybridized carbons (Fsp3) is 0.667. The minimum Gasteiger partial charge on any atom is -0.465 e. The van der Waals surface area contributed by atoms with E-state index in [2.05, 4.69) is 32.2 Å². The van der Waals surface area contributed by atoms with Crippen molar-refractivity contribution < 1.29 is 14.3 Å². The fourth-order valence-electron chi connectivity index (χ4n) is 1.74. The van der Waals surface area contributed by atoms with Crippen molar-refractivity contribution in [3.05, 3.63) is 21.9 Å². The van der Waals surface area contributed by atoms with E-state index in [1.807, 2.05) is 13.0 Å². The van der Waals surface area contributed by atoms with Gasteiger partial charge >= 0.3 is 5.97 Å². The van der Waals surface area contributed by atoms with E-state index < -0.39 is 6.04 Å². The second kappa shape index (κ2) is 7.76. The van der Waals surface area contributed by atoms with E-state index in [1.54, 1.807) is 18.4 Å². The number of hydrogen-bond acceptors (Lipinski definition) is 5. The largest absolute Gasteiger partial charge is 0.465 e. The standard InChI is InChI=1S/C15H25NO3S/c1-6-19-14(17)13(16-9-10-18-5)11-7-8-12(20-11)15(2,3)4/h7-8,13,16H,6,9-10H2,1-5H3. The lowest BCUT2D eigenvalue weighted by Gasteiger charge is -2.17. The number of thiophene rings is 1. The molecule has 0 aliphatic carbocycles. The van der Waals surface area contributed by atoms with Gasteiger partial charge in [0.05, 0.1) is 13.2 Å². The van der Waals surface area contributed by atoms with Crippen LogP contribution in [0.3, 0.4) is 0 Å². The first kappa shape index (κ1) is 17.1. The first-order chi connectivity index (χ1) is 9.40. The molecule has 0 aliphatic rings. The highest BCUT2D eigenvalue weighted by Gasteiger charge is 2.25. The lowest BCUT2D eigenvalue weighted by Crippen LogP contribution is -2.32. The molecular formula is C15H25NO3S. The average Bonchev–Trinajstić information content (AvgIpc) is 2.84. The molecule has 0 aromatic carbocycles. The van der Waals surface area contributed by atoms with Crippen LogP contribution in [0.25, 0.3) is 0 Å². The van der Waals surface area contributed by atoms with Crippen molar-refractivity contribution >= 4 is 17.3 Å².